The lowest BCUT2D eigenvalue weighted by molar-refractivity contribution is 0.178. The molecule has 1 aliphatic rings. The first kappa shape index (κ1) is 15.9. The Balaban J connectivity index is 2.03. The first-order valence-corrected chi connectivity index (χ1v) is 7.87. The summed E-state index contributed by atoms with van der Waals surface area (Å²) < 4.78 is 5.66. The minimum atomic E-state index is 0.226. The Hall–Kier alpha value is -1.49. The molecule has 5 nitrogen and oxygen atoms in total. The lowest BCUT2D eigenvalue weighted by Crippen LogP contribution is -2.34. The summed E-state index contributed by atoms with van der Waals surface area (Å²) >= 11 is 0. The van der Waals surface area contributed by atoms with Crippen LogP contribution in [0.25, 0.3) is 0 Å². The Morgan fingerprint density at radius 3 is 2.86 bits per heavy atom. The zero-order valence-electron chi connectivity index (χ0n) is 13.0. The molecule has 0 spiro atoms. The monoisotopic (exact) mass is 293 g/mol. The van der Waals surface area contributed by atoms with Gasteiger partial charge in [-0.25, -0.2) is 0 Å². The predicted molar refractivity (Wildman–Crippen MR) is 85.4 cm³/mol. The number of ether oxygens (including phenoxy) is 1. The number of nitrogens with zero attached hydrogens (tertiary/aromatic N) is 1. The number of hydrogen-bond acceptors (Lipinski definition) is 5. The first-order chi connectivity index (χ1) is 10.1. The van der Waals surface area contributed by atoms with E-state index in [1.54, 1.807) is 0 Å². The number of rotatable bonds is 6. The van der Waals surface area contributed by atoms with Gasteiger partial charge in [-0.2, -0.15) is 4.98 Å². The minimum Gasteiger partial charge on any atom is -0.476 e. The van der Waals surface area contributed by atoms with Crippen LogP contribution in [0.5, 0.6) is 5.88 Å². The maximum absolute atomic E-state index is 9.48. The second-order valence-electron chi connectivity index (χ2n) is 6.27. The molecule has 0 saturated heterocycles. The number of aliphatic hydroxyl groups excluding tert-OH is 1. The molecule has 0 amide bonds. The van der Waals surface area contributed by atoms with Gasteiger partial charge in [0.1, 0.15) is 5.82 Å². The second kappa shape index (κ2) is 7.50. The normalized spacial score (nSPS) is 22.3. The molecule has 118 valence electrons. The van der Waals surface area contributed by atoms with Gasteiger partial charge in [0.05, 0.1) is 12.3 Å². The van der Waals surface area contributed by atoms with E-state index in [0.29, 0.717) is 30.0 Å². The van der Waals surface area contributed by atoms with Crippen LogP contribution in [0.2, 0.25) is 0 Å². The summed E-state index contributed by atoms with van der Waals surface area (Å²) in [6.07, 6.45) is 4.53. The number of nitrogens with one attached hydrogen (secondary N) is 1. The van der Waals surface area contributed by atoms with Crippen LogP contribution in [0.4, 0.5) is 11.5 Å². The van der Waals surface area contributed by atoms with Gasteiger partial charge in [0.25, 0.3) is 0 Å². The van der Waals surface area contributed by atoms with Gasteiger partial charge in [0.15, 0.2) is 0 Å². The van der Waals surface area contributed by atoms with Crippen molar-refractivity contribution in [2.75, 3.05) is 24.3 Å². The molecule has 1 saturated carbocycles. The summed E-state index contributed by atoms with van der Waals surface area (Å²) in [5, 5.41) is 12.9. The summed E-state index contributed by atoms with van der Waals surface area (Å²) in [6.45, 7) is 5.00. The van der Waals surface area contributed by atoms with E-state index in [-0.39, 0.29) is 12.6 Å². The third-order valence-corrected chi connectivity index (χ3v) is 3.92. The predicted octanol–water partition coefficient (Wildman–Crippen LogP) is 2.66. The fourth-order valence-corrected chi connectivity index (χ4v) is 2.70. The molecule has 1 fully saturated rings. The average Bonchev–Trinajstić information content (AvgIpc) is 2.48. The molecular weight excluding hydrogens is 266 g/mol. The highest BCUT2D eigenvalue weighted by atomic mass is 16.5. The third kappa shape index (κ3) is 4.49. The molecular formula is C16H27N3O2. The van der Waals surface area contributed by atoms with Crippen molar-refractivity contribution in [2.24, 2.45) is 11.8 Å². The zero-order chi connectivity index (χ0) is 15.2. The molecule has 4 N–H and O–H groups in total. The molecule has 1 aliphatic carbocycles. The molecule has 2 unspecified atom stereocenters. The van der Waals surface area contributed by atoms with E-state index in [4.69, 9.17) is 10.5 Å². The van der Waals surface area contributed by atoms with Gasteiger partial charge < -0.3 is 20.9 Å². The highest BCUT2D eigenvalue weighted by molar-refractivity contribution is 5.53. The van der Waals surface area contributed by atoms with E-state index in [9.17, 15) is 5.11 Å². The van der Waals surface area contributed by atoms with Gasteiger partial charge in [-0.1, -0.05) is 26.7 Å². The molecule has 5 heteroatoms. The number of nitrogen functional groups attached to an aromatic ring is 1. The number of aliphatic hydroxyl groups is 1. The molecule has 2 rings (SSSR count). The van der Waals surface area contributed by atoms with Crippen LogP contribution in [-0.4, -0.2) is 29.3 Å². The number of pyridine rings is 1. The molecule has 0 radical (unpaired) electrons. The maximum atomic E-state index is 9.48. The van der Waals surface area contributed by atoms with E-state index in [2.05, 4.69) is 24.1 Å². The van der Waals surface area contributed by atoms with Crippen LogP contribution < -0.4 is 15.8 Å². The van der Waals surface area contributed by atoms with E-state index in [1.165, 1.54) is 12.8 Å². The fraction of sp³-hybridized carbons (Fsp3) is 0.688. The van der Waals surface area contributed by atoms with Gasteiger partial charge in [-0.05, 0) is 30.9 Å². The van der Waals surface area contributed by atoms with Crippen molar-refractivity contribution in [1.29, 1.82) is 0 Å². The lowest BCUT2D eigenvalue weighted by atomic mass is 9.85. The Morgan fingerprint density at radius 1 is 1.38 bits per heavy atom. The number of nitrogens with two attached hydrogens (primary N) is 1. The van der Waals surface area contributed by atoms with Gasteiger partial charge in [-0.15, -0.1) is 0 Å². The molecule has 1 aromatic rings. The molecule has 0 aromatic carbocycles. The van der Waals surface area contributed by atoms with Gasteiger partial charge in [0, 0.05) is 18.6 Å². The largest absolute Gasteiger partial charge is 0.476 e. The zero-order valence-corrected chi connectivity index (χ0v) is 13.0. The Labute approximate surface area is 126 Å². The first-order valence-electron chi connectivity index (χ1n) is 7.87. The van der Waals surface area contributed by atoms with Crippen LogP contribution in [0.3, 0.4) is 0 Å². The number of hydrogen-bond donors (Lipinski definition) is 3. The summed E-state index contributed by atoms with van der Waals surface area (Å²) in [5.74, 6) is 2.00. The Bertz CT molecular complexity index is 451. The van der Waals surface area contributed by atoms with Crippen molar-refractivity contribution in [3.05, 3.63) is 12.1 Å². The summed E-state index contributed by atoms with van der Waals surface area (Å²) in [4.78, 5) is 4.47. The van der Waals surface area contributed by atoms with Gasteiger partial charge >= 0.3 is 0 Å². The van der Waals surface area contributed by atoms with Gasteiger partial charge in [0.2, 0.25) is 5.88 Å². The van der Waals surface area contributed by atoms with Crippen LogP contribution in [0.15, 0.2) is 12.1 Å². The molecule has 2 atom stereocenters. The molecule has 0 bridgehead atoms. The van der Waals surface area contributed by atoms with Gasteiger partial charge in [-0.3, -0.25) is 0 Å². The smallest absolute Gasteiger partial charge is 0.239 e. The van der Waals surface area contributed by atoms with Crippen molar-refractivity contribution >= 4 is 11.5 Å². The van der Waals surface area contributed by atoms with Crippen LogP contribution in [0.1, 0.15) is 39.5 Å². The highest BCUT2D eigenvalue weighted by Gasteiger charge is 2.24. The van der Waals surface area contributed by atoms with E-state index in [0.717, 1.165) is 18.7 Å². The van der Waals surface area contributed by atoms with Crippen molar-refractivity contribution in [3.63, 3.8) is 0 Å². The molecule has 21 heavy (non-hydrogen) atoms. The fourth-order valence-electron chi connectivity index (χ4n) is 2.70. The highest BCUT2D eigenvalue weighted by Crippen LogP contribution is 2.28. The standard InChI is InChI=1S/C16H27N3O2/c1-11(2)10-21-16-13(17)7-8-15(19-16)18-14-6-4-3-5-12(14)9-20/h7-8,11-12,14,20H,3-6,9-10,17H2,1-2H3,(H,18,19). The summed E-state index contributed by atoms with van der Waals surface area (Å²) in [7, 11) is 0. The lowest BCUT2D eigenvalue weighted by Gasteiger charge is -2.31. The molecule has 0 aliphatic heterocycles. The minimum absolute atomic E-state index is 0.226. The van der Waals surface area contributed by atoms with Crippen LogP contribution >= 0.6 is 0 Å². The van der Waals surface area contributed by atoms with E-state index >= 15 is 0 Å². The number of anilines is 2. The SMILES string of the molecule is CC(C)COc1nc(NC2CCCCC2CO)ccc1N. The van der Waals surface area contributed by atoms with Crippen molar-refractivity contribution in [3.8, 4) is 5.88 Å². The Morgan fingerprint density at radius 2 is 2.14 bits per heavy atom. The number of aromatic nitrogens is 1. The summed E-state index contributed by atoms with van der Waals surface area (Å²) in [6, 6.07) is 3.97. The van der Waals surface area contributed by atoms with E-state index < -0.39 is 0 Å². The average molecular weight is 293 g/mol. The maximum Gasteiger partial charge on any atom is 0.239 e. The third-order valence-electron chi connectivity index (χ3n) is 3.92. The Kier molecular flexibility index (Phi) is 5.67. The quantitative estimate of drug-likeness (QED) is 0.751. The topological polar surface area (TPSA) is 80.4 Å². The summed E-state index contributed by atoms with van der Waals surface area (Å²) in [5.41, 5.74) is 6.47. The molecule has 1 aromatic heterocycles. The second-order valence-corrected chi connectivity index (χ2v) is 6.27. The van der Waals surface area contributed by atoms with Crippen molar-refractivity contribution in [2.45, 2.75) is 45.6 Å². The van der Waals surface area contributed by atoms with Crippen molar-refractivity contribution < 1.29 is 9.84 Å². The van der Waals surface area contributed by atoms with Crippen molar-refractivity contribution in [1.82, 2.24) is 4.98 Å². The van der Waals surface area contributed by atoms with E-state index in [1.807, 2.05) is 12.1 Å². The van der Waals surface area contributed by atoms with Crippen LogP contribution in [-0.2, 0) is 0 Å². The van der Waals surface area contributed by atoms with Crippen LogP contribution in [0, 0.1) is 11.8 Å². The molecule has 1 heterocycles.